The summed E-state index contributed by atoms with van der Waals surface area (Å²) in [5, 5.41) is 7.88. The number of hydrogen-bond donors (Lipinski definition) is 1. The molecule has 0 fully saturated rings. The number of hydrogen-bond acceptors (Lipinski definition) is 3. The zero-order valence-electron chi connectivity index (χ0n) is 3.79. The van der Waals surface area contributed by atoms with E-state index in [2.05, 4.69) is 0 Å². The molecule has 3 heteroatoms. The highest BCUT2D eigenvalue weighted by atomic mass is 16.1. The molecule has 1 atom stereocenters. The molecule has 0 saturated heterocycles. The zero-order chi connectivity index (χ0) is 5.70. The Morgan fingerprint density at radius 1 is 2.00 bits per heavy atom. The van der Waals surface area contributed by atoms with Crippen LogP contribution in [0.15, 0.2) is 0 Å². The summed E-state index contributed by atoms with van der Waals surface area (Å²) < 4.78 is 0. The minimum absolute atomic E-state index is 0.115. The molecule has 0 aliphatic heterocycles. The molecule has 0 unspecified atom stereocenters. The molecule has 0 amide bonds. The molecule has 0 aliphatic carbocycles. The summed E-state index contributed by atoms with van der Waals surface area (Å²) in [6, 6.07) is 1.17. The fourth-order valence-corrected chi connectivity index (χ4v) is 0.154. The van der Waals surface area contributed by atoms with E-state index >= 15 is 0 Å². The summed E-state index contributed by atoms with van der Waals surface area (Å²) >= 11 is 0. The van der Waals surface area contributed by atoms with E-state index in [4.69, 9.17) is 11.0 Å². The molecular weight excluding hydrogens is 92.1 g/mol. The van der Waals surface area contributed by atoms with E-state index in [9.17, 15) is 4.79 Å². The van der Waals surface area contributed by atoms with Crippen molar-refractivity contribution >= 4 is 6.29 Å². The lowest BCUT2D eigenvalue weighted by atomic mass is 10.3. The van der Waals surface area contributed by atoms with Crippen LogP contribution in [0, 0.1) is 11.3 Å². The first-order valence-electron chi connectivity index (χ1n) is 1.89. The predicted molar refractivity (Wildman–Crippen MR) is 24.3 cm³/mol. The number of carbonyl (C=O) groups excluding carboxylic acids is 1. The van der Waals surface area contributed by atoms with Crippen molar-refractivity contribution < 1.29 is 4.79 Å². The van der Waals surface area contributed by atoms with Crippen LogP contribution in [0.2, 0.25) is 0 Å². The first kappa shape index (κ1) is 6.12. The first-order chi connectivity index (χ1) is 3.31. The van der Waals surface area contributed by atoms with Crippen LogP contribution in [0.4, 0.5) is 0 Å². The fourth-order valence-electron chi connectivity index (χ4n) is 0.154. The Labute approximate surface area is 41.7 Å². The number of nitrogens with zero attached hydrogens (tertiary/aromatic N) is 1. The van der Waals surface area contributed by atoms with E-state index in [1.807, 2.05) is 0 Å². The van der Waals surface area contributed by atoms with Gasteiger partial charge in [-0.1, -0.05) is 0 Å². The van der Waals surface area contributed by atoms with E-state index in [0.717, 1.165) is 0 Å². The van der Waals surface area contributed by atoms with Gasteiger partial charge in [0.15, 0.2) is 0 Å². The molecule has 0 spiro atoms. The molecule has 0 saturated carbocycles. The van der Waals surface area contributed by atoms with Crippen LogP contribution in [-0.4, -0.2) is 12.3 Å². The van der Waals surface area contributed by atoms with Crippen LogP contribution in [0.25, 0.3) is 0 Å². The molecule has 38 valence electrons. The Balaban J connectivity index is 3.21. The van der Waals surface area contributed by atoms with Gasteiger partial charge in [0.1, 0.15) is 6.29 Å². The lowest BCUT2D eigenvalue weighted by Gasteiger charge is -1.88. The Bertz CT molecular complexity index is 94.4. The second kappa shape index (κ2) is 3.32. The molecule has 7 heavy (non-hydrogen) atoms. The van der Waals surface area contributed by atoms with Crippen molar-refractivity contribution in [3.63, 3.8) is 0 Å². The molecule has 0 rings (SSSR count). The summed E-state index contributed by atoms with van der Waals surface area (Å²) in [6.07, 6.45) is 0.673. The molecule has 2 N–H and O–H groups in total. The van der Waals surface area contributed by atoms with Crippen LogP contribution in [0.5, 0.6) is 0 Å². The topological polar surface area (TPSA) is 66.9 Å². The standard InChI is InChI=1S/C4H6N2O/c5-2-1-4(6)3-7/h3-4H,1,6H2/t4-/m0/s1. The summed E-state index contributed by atoms with van der Waals surface area (Å²) in [5.41, 5.74) is 4.99. The van der Waals surface area contributed by atoms with Crippen molar-refractivity contribution in [1.29, 1.82) is 5.26 Å². The average molecular weight is 98.1 g/mol. The van der Waals surface area contributed by atoms with Crippen molar-refractivity contribution in [3.05, 3.63) is 0 Å². The normalized spacial score (nSPS) is 12.0. The Kier molecular flexibility index (Phi) is 2.90. The van der Waals surface area contributed by atoms with Crippen LogP contribution < -0.4 is 5.73 Å². The predicted octanol–water partition coefficient (Wildman–Crippen LogP) is -0.574. The van der Waals surface area contributed by atoms with Gasteiger partial charge in [0.25, 0.3) is 0 Å². The second-order valence-corrected chi connectivity index (χ2v) is 1.16. The van der Waals surface area contributed by atoms with Crippen LogP contribution in [0.1, 0.15) is 6.42 Å². The number of aldehydes is 1. The summed E-state index contributed by atoms with van der Waals surface area (Å²) in [7, 11) is 0. The summed E-state index contributed by atoms with van der Waals surface area (Å²) in [6.45, 7) is 0. The summed E-state index contributed by atoms with van der Waals surface area (Å²) in [5.74, 6) is 0. The quantitative estimate of drug-likeness (QED) is 0.470. The van der Waals surface area contributed by atoms with Gasteiger partial charge in [0.05, 0.1) is 18.5 Å². The highest BCUT2D eigenvalue weighted by Gasteiger charge is 1.93. The van der Waals surface area contributed by atoms with Crippen molar-refractivity contribution in [1.82, 2.24) is 0 Å². The minimum Gasteiger partial charge on any atom is -0.321 e. The van der Waals surface area contributed by atoms with Crippen molar-refractivity contribution in [2.75, 3.05) is 0 Å². The van der Waals surface area contributed by atoms with Gasteiger partial charge < -0.3 is 10.5 Å². The second-order valence-electron chi connectivity index (χ2n) is 1.16. The summed E-state index contributed by atoms with van der Waals surface area (Å²) in [4.78, 5) is 9.62. The maximum absolute atomic E-state index is 9.62. The van der Waals surface area contributed by atoms with Gasteiger partial charge >= 0.3 is 0 Å². The molecular formula is C4H6N2O. The van der Waals surface area contributed by atoms with Gasteiger partial charge in [0.2, 0.25) is 0 Å². The lowest BCUT2D eigenvalue weighted by Crippen LogP contribution is -2.19. The molecule has 0 aromatic rings. The molecule has 0 aromatic heterocycles. The van der Waals surface area contributed by atoms with E-state index in [-0.39, 0.29) is 6.42 Å². The molecule has 3 nitrogen and oxygen atoms in total. The zero-order valence-corrected chi connectivity index (χ0v) is 3.79. The Morgan fingerprint density at radius 2 is 2.57 bits per heavy atom. The SMILES string of the molecule is N#CC[C@H](N)C=O. The molecule has 0 bridgehead atoms. The van der Waals surface area contributed by atoms with Gasteiger partial charge in [-0.05, 0) is 0 Å². The van der Waals surface area contributed by atoms with Crippen LogP contribution >= 0.6 is 0 Å². The fraction of sp³-hybridized carbons (Fsp3) is 0.500. The number of nitriles is 1. The third kappa shape index (κ3) is 2.94. The maximum atomic E-state index is 9.62. The van der Waals surface area contributed by atoms with Crippen molar-refractivity contribution in [2.45, 2.75) is 12.5 Å². The van der Waals surface area contributed by atoms with E-state index in [0.29, 0.717) is 6.29 Å². The van der Waals surface area contributed by atoms with Crippen LogP contribution in [0.3, 0.4) is 0 Å². The highest BCUT2D eigenvalue weighted by molar-refractivity contribution is 5.57. The molecule has 0 radical (unpaired) electrons. The van der Waals surface area contributed by atoms with Gasteiger partial charge in [0, 0.05) is 0 Å². The maximum Gasteiger partial charge on any atom is 0.137 e. The molecule has 0 heterocycles. The first-order valence-corrected chi connectivity index (χ1v) is 1.89. The monoisotopic (exact) mass is 98.0 g/mol. The Hall–Kier alpha value is -0.880. The number of rotatable bonds is 2. The van der Waals surface area contributed by atoms with Gasteiger partial charge in [-0.15, -0.1) is 0 Å². The smallest absolute Gasteiger partial charge is 0.137 e. The minimum atomic E-state index is -0.593. The van der Waals surface area contributed by atoms with E-state index in [1.54, 1.807) is 6.07 Å². The van der Waals surface area contributed by atoms with E-state index < -0.39 is 6.04 Å². The van der Waals surface area contributed by atoms with Gasteiger partial charge in [-0.2, -0.15) is 5.26 Å². The Morgan fingerprint density at radius 3 is 2.71 bits per heavy atom. The third-order valence-corrected chi connectivity index (χ3v) is 0.502. The van der Waals surface area contributed by atoms with Gasteiger partial charge in [-0.25, -0.2) is 0 Å². The average Bonchev–Trinajstić information content (AvgIpc) is 1.68. The lowest BCUT2D eigenvalue weighted by molar-refractivity contribution is -0.108. The van der Waals surface area contributed by atoms with E-state index in [1.165, 1.54) is 0 Å². The van der Waals surface area contributed by atoms with Crippen molar-refractivity contribution in [3.8, 4) is 6.07 Å². The largest absolute Gasteiger partial charge is 0.321 e. The highest BCUT2D eigenvalue weighted by Crippen LogP contribution is 1.76. The molecule has 0 aromatic carbocycles. The van der Waals surface area contributed by atoms with Gasteiger partial charge in [-0.3, -0.25) is 0 Å². The molecule has 0 aliphatic rings. The van der Waals surface area contributed by atoms with Crippen molar-refractivity contribution in [2.24, 2.45) is 5.73 Å². The number of nitrogens with two attached hydrogens (primary N) is 1. The van der Waals surface area contributed by atoms with Crippen LogP contribution in [-0.2, 0) is 4.79 Å². The number of carbonyl (C=O) groups is 1. The third-order valence-electron chi connectivity index (χ3n) is 0.502.